The number of benzene rings is 2. The van der Waals surface area contributed by atoms with Crippen LogP contribution in [0.4, 0.5) is 0 Å². The maximum absolute atomic E-state index is 12.7. The lowest BCUT2D eigenvalue weighted by molar-refractivity contribution is -0.122. The van der Waals surface area contributed by atoms with E-state index in [9.17, 15) is 4.79 Å². The average molecular weight is 436 g/mol. The van der Waals surface area contributed by atoms with Gasteiger partial charge in [0.25, 0.3) is 12.4 Å². The summed E-state index contributed by atoms with van der Waals surface area (Å²) in [5.74, 6) is 0.519. The molecule has 1 aromatic heterocycles. The van der Waals surface area contributed by atoms with Gasteiger partial charge in [-0.05, 0) is 62.7 Å². The van der Waals surface area contributed by atoms with Crippen molar-refractivity contribution in [3.05, 3.63) is 60.2 Å². The molecule has 0 saturated carbocycles. The van der Waals surface area contributed by atoms with Crippen molar-refractivity contribution in [2.75, 3.05) is 27.2 Å². The number of fused-ring (bicyclic) bond motifs is 1. The van der Waals surface area contributed by atoms with E-state index in [1.807, 2.05) is 48.5 Å². The normalized spacial score (nSPS) is 15.6. The molecule has 1 aliphatic heterocycles. The van der Waals surface area contributed by atoms with Crippen LogP contribution < -0.4 is 10.1 Å². The molecule has 4 rings (SSSR count). The number of amides is 1. The molecule has 2 heterocycles. The van der Waals surface area contributed by atoms with Gasteiger partial charge in [0.1, 0.15) is 0 Å². The van der Waals surface area contributed by atoms with Gasteiger partial charge < -0.3 is 20.1 Å². The molecule has 2 N–H and O–H groups in total. The van der Waals surface area contributed by atoms with E-state index in [4.69, 9.17) is 14.6 Å². The molecule has 32 heavy (non-hydrogen) atoms. The molecular weight excluding hydrogens is 406 g/mol. The van der Waals surface area contributed by atoms with Crippen molar-refractivity contribution >= 4 is 23.3 Å². The Morgan fingerprint density at radius 2 is 2.03 bits per heavy atom. The van der Waals surface area contributed by atoms with Crippen LogP contribution in [0.1, 0.15) is 29.6 Å². The Bertz CT molecular complexity index is 1070. The summed E-state index contributed by atoms with van der Waals surface area (Å²) in [5, 5.41) is 11.0. The Kier molecular flexibility index (Phi) is 8.16. The smallest absolute Gasteiger partial charge is 0.290 e. The molecule has 7 nitrogen and oxygen atoms in total. The molecule has 1 aliphatic rings. The van der Waals surface area contributed by atoms with Gasteiger partial charge in [0.2, 0.25) is 5.88 Å². The zero-order chi connectivity index (χ0) is 22.9. The SMILES string of the molecule is COc1nc2ccccc2cc1-c1cccc(C(=O)NCCC2CCCN2C)c1.O=CO. The fourth-order valence-corrected chi connectivity index (χ4v) is 4.09. The molecule has 2 aromatic carbocycles. The Balaban J connectivity index is 0.000000913. The van der Waals surface area contributed by atoms with Crippen LogP contribution in [-0.2, 0) is 4.79 Å². The molecule has 1 amide bonds. The lowest BCUT2D eigenvalue weighted by Crippen LogP contribution is -2.31. The number of hydrogen-bond donors (Lipinski definition) is 2. The number of nitrogens with one attached hydrogen (secondary N) is 1. The predicted octanol–water partition coefficient (Wildman–Crippen LogP) is 3.83. The highest BCUT2D eigenvalue weighted by atomic mass is 16.5. The fourth-order valence-electron chi connectivity index (χ4n) is 4.09. The first-order valence-electron chi connectivity index (χ1n) is 10.7. The third-order valence-corrected chi connectivity index (χ3v) is 5.75. The van der Waals surface area contributed by atoms with Gasteiger partial charge in [-0.25, -0.2) is 4.98 Å². The summed E-state index contributed by atoms with van der Waals surface area (Å²) in [6, 6.07) is 18.2. The number of pyridine rings is 1. The molecule has 7 heteroatoms. The molecule has 1 fully saturated rings. The number of hydrogen-bond acceptors (Lipinski definition) is 5. The first-order valence-corrected chi connectivity index (χ1v) is 10.7. The number of methoxy groups -OCH3 is 1. The van der Waals surface area contributed by atoms with Gasteiger partial charge in [-0.1, -0.05) is 30.3 Å². The average Bonchev–Trinajstić information content (AvgIpc) is 3.23. The van der Waals surface area contributed by atoms with E-state index in [0.717, 1.165) is 35.0 Å². The van der Waals surface area contributed by atoms with Crippen molar-refractivity contribution in [2.24, 2.45) is 0 Å². The summed E-state index contributed by atoms with van der Waals surface area (Å²) in [6.07, 6.45) is 3.46. The summed E-state index contributed by atoms with van der Waals surface area (Å²) in [6.45, 7) is 1.60. The van der Waals surface area contributed by atoms with E-state index in [2.05, 4.69) is 28.3 Å². The summed E-state index contributed by atoms with van der Waals surface area (Å²) in [4.78, 5) is 28.0. The topological polar surface area (TPSA) is 91.8 Å². The van der Waals surface area contributed by atoms with Crippen LogP contribution in [0, 0.1) is 0 Å². The quantitative estimate of drug-likeness (QED) is 0.572. The van der Waals surface area contributed by atoms with E-state index in [0.29, 0.717) is 24.0 Å². The zero-order valence-electron chi connectivity index (χ0n) is 18.5. The minimum Gasteiger partial charge on any atom is -0.483 e. The molecule has 3 aromatic rings. The maximum atomic E-state index is 12.7. The number of nitrogens with zero attached hydrogens (tertiary/aromatic N) is 2. The number of rotatable bonds is 6. The first kappa shape index (κ1) is 23.2. The van der Waals surface area contributed by atoms with Crippen LogP contribution in [-0.4, -0.2) is 60.7 Å². The molecule has 0 spiro atoms. The third kappa shape index (κ3) is 5.62. The van der Waals surface area contributed by atoms with Crippen molar-refractivity contribution in [1.29, 1.82) is 0 Å². The summed E-state index contributed by atoms with van der Waals surface area (Å²) in [7, 11) is 3.78. The number of aromatic nitrogens is 1. The van der Waals surface area contributed by atoms with Crippen LogP contribution in [0.2, 0.25) is 0 Å². The Labute approximate surface area is 188 Å². The van der Waals surface area contributed by atoms with E-state index < -0.39 is 0 Å². The largest absolute Gasteiger partial charge is 0.483 e. The fraction of sp³-hybridized carbons (Fsp3) is 0.320. The molecule has 1 saturated heterocycles. The Hall–Kier alpha value is -3.45. The highest BCUT2D eigenvalue weighted by Gasteiger charge is 2.20. The number of carbonyl (C=O) groups is 2. The maximum Gasteiger partial charge on any atom is 0.290 e. The number of carboxylic acid groups (broad SMARTS) is 1. The molecule has 1 atom stereocenters. The standard InChI is InChI=1S/C24H27N3O2.CH2O2/c1-27-14-6-10-20(27)12-13-25-23(28)19-9-5-8-17(15-19)21-16-18-7-3-4-11-22(18)26-24(21)29-2;2-1-3/h3-5,7-9,11,15-16,20H,6,10,12-14H2,1-2H3,(H,25,28);1H,(H,2,3). The van der Waals surface area contributed by atoms with E-state index >= 15 is 0 Å². The Morgan fingerprint density at radius 3 is 2.75 bits per heavy atom. The Morgan fingerprint density at radius 1 is 1.25 bits per heavy atom. The van der Waals surface area contributed by atoms with Crippen LogP contribution in [0.5, 0.6) is 5.88 Å². The first-order chi connectivity index (χ1) is 15.6. The van der Waals surface area contributed by atoms with Crippen LogP contribution in [0.15, 0.2) is 54.6 Å². The van der Waals surface area contributed by atoms with E-state index in [1.165, 1.54) is 12.8 Å². The summed E-state index contributed by atoms with van der Waals surface area (Å²) < 4.78 is 5.52. The summed E-state index contributed by atoms with van der Waals surface area (Å²) in [5.41, 5.74) is 3.34. The van der Waals surface area contributed by atoms with Gasteiger partial charge in [0, 0.05) is 29.1 Å². The third-order valence-electron chi connectivity index (χ3n) is 5.75. The monoisotopic (exact) mass is 435 g/mol. The van der Waals surface area contributed by atoms with Gasteiger partial charge in [-0.15, -0.1) is 0 Å². The van der Waals surface area contributed by atoms with Crippen molar-refractivity contribution in [2.45, 2.75) is 25.3 Å². The lowest BCUT2D eigenvalue weighted by atomic mass is 10.0. The van der Waals surface area contributed by atoms with Gasteiger partial charge in [-0.3, -0.25) is 9.59 Å². The summed E-state index contributed by atoms with van der Waals surface area (Å²) >= 11 is 0. The van der Waals surface area contributed by atoms with Crippen LogP contribution >= 0.6 is 0 Å². The van der Waals surface area contributed by atoms with E-state index in [1.54, 1.807) is 7.11 Å². The molecular formula is C25H29N3O4. The van der Waals surface area contributed by atoms with Crippen LogP contribution in [0.25, 0.3) is 22.0 Å². The molecule has 1 unspecified atom stereocenters. The minimum absolute atomic E-state index is 0.0415. The number of para-hydroxylation sites is 1. The number of likely N-dealkylation sites (tertiary alicyclic amines) is 1. The molecule has 0 bridgehead atoms. The molecule has 168 valence electrons. The number of carbonyl (C=O) groups excluding carboxylic acids is 1. The minimum atomic E-state index is -0.250. The second-order valence-corrected chi connectivity index (χ2v) is 7.75. The highest BCUT2D eigenvalue weighted by molar-refractivity contribution is 5.96. The van der Waals surface area contributed by atoms with E-state index in [-0.39, 0.29) is 12.4 Å². The van der Waals surface area contributed by atoms with Gasteiger partial charge in [-0.2, -0.15) is 0 Å². The van der Waals surface area contributed by atoms with Crippen molar-refractivity contribution in [3.8, 4) is 17.0 Å². The van der Waals surface area contributed by atoms with Gasteiger partial charge in [0.05, 0.1) is 12.6 Å². The van der Waals surface area contributed by atoms with Crippen LogP contribution in [0.3, 0.4) is 0 Å². The zero-order valence-corrected chi connectivity index (χ0v) is 18.5. The van der Waals surface area contributed by atoms with Gasteiger partial charge >= 0.3 is 0 Å². The predicted molar refractivity (Wildman–Crippen MR) is 125 cm³/mol. The lowest BCUT2D eigenvalue weighted by Gasteiger charge is -2.19. The second-order valence-electron chi connectivity index (χ2n) is 7.75. The van der Waals surface area contributed by atoms with Crippen molar-refractivity contribution in [1.82, 2.24) is 15.2 Å². The number of ether oxygens (including phenoxy) is 1. The molecule has 0 radical (unpaired) electrons. The van der Waals surface area contributed by atoms with Gasteiger partial charge in [0.15, 0.2) is 0 Å². The van der Waals surface area contributed by atoms with Crippen molar-refractivity contribution < 1.29 is 19.4 Å². The van der Waals surface area contributed by atoms with Crippen molar-refractivity contribution in [3.63, 3.8) is 0 Å². The second kappa shape index (κ2) is 11.2. The highest BCUT2D eigenvalue weighted by Crippen LogP contribution is 2.32. The molecule has 0 aliphatic carbocycles.